The molecule has 0 N–H and O–H groups in total. The Morgan fingerprint density at radius 2 is 1.86 bits per heavy atom. The standard InChI is InChI=1S/C16H22O4Si/c1-16(2,3)21(5,6)20-12-7-8-13-11(9-12)10-14(19-13)15(17)18-4/h7-10H,1-6H3. The van der Waals surface area contributed by atoms with Gasteiger partial charge in [0.15, 0.2) is 0 Å². The molecule has 0 saturated heterocycles. The lowest BCUT2D eigenvalue weighted by molar-refractivity contribution is 0.0567. The van der Waals surface area contributed by atoms with E-state index in [9.17, 15) is 4.79 Å². The molecule has 0 atom stereocenters. The molecular formula is C16H22O4Si. The highest BCUT2D eigenvalue weighted by Gasteiger charge is 2.39. The monoisotopic (exact) mass is 306 g/mol. The third kappa shape index (κ3) is 3.13. The normalized spacial score (nSPS) is 12.5. The van der Waals surface area contributed by atoms with Gasteiger partial charge in [-0.1, -0.05) is 20.8 Å². The average molecular weight is 306 g/mol. The van der Waals surface area contributed by atoms with Gasteiger partial charge in [0.25, 0.3) is 0 Å². The maximum absolute atomic E-state index is 11.5. The number of carbonyl (C=O) groups excluding carboxylic acids is 1. The predicted octanol–water partition coefficient (Wildman–Crippen LogP) is 4.60. The summed E-state index contributed by atoms with van der Waals surface area (Å²) >= 11 is 0. The van der Waals surface area contributed by atoms with E-state index in [4.69, 9.17) is 8.84 Å². The number of benzene rings is 1. The van der Waals surface area contributed by atoms with Crippen LogP contribution < -0.4 is 4.43 Å². The predicted molar refractivity (Wildman–Crippen MR) is 85.4 cm³/mol. The van der Waals surface area contributed by atoms with Crippen LogP contribution in [-0.4, -0.2) is 21.4 Å². The van der Waals surface area contributed by atoms with Crippen LogP contribution in [0.3, 0.4) is 0 Å². The van der Waals surface area contributed by atoms with E-state index < -0.39 is 14.3 Å². The number of methoxy groups -OCH3 is 1. The van der Waals surface area contributed by atoms with Gasteiger partial charge in [0.1, 0.15) is 11.3 Å². The van der Waals surface area contributed by atoms with Crippen molar-refractivity contribution < 1.29 is 18.4 Å². The fourth-order valence-electron chi connectivity index (χ4n) is 1.73. The van der Waals surface area contributed by atoms with Crippen molar-refractivity contribution in [3.63, 3.8) is 0 Å². The largest absolute Gasteiger partial charge is 0.543 e. The first-order valence-corrected chi connectivity index (χ1v) is 9.86. The maximum atomic E-state index is 11.5. The Balaban J connectivity index is 2.33. The number of rotatable bonds is 3. The third-order valence-corrected chi connectivity index (χ3v) is 8.41. The fraction of sp³-hybridized carbons (Fsp3) is 0.438. The Labute approximate surface area is 126 Å². The van der Waals surface area contributed by atoms with Crippen molar-refractivity contribution >= 4 is 25.3 Å². The summed E-state index contributed by atoms with van der Waals surface area (Å²) in [5, 5.41) is 0.974. The van der Waals surface area contributed by atoms with Gasteiger partial charge in [0.2, 0.25) is 14.1 Å². The summed E-state index contributed by atoms with van der Waals surface area (Å²) in [6.45, 7) is 11.0. The number of hydrogen-bond acceptors (Lipinski definition) is 4. The lowest BCUT2D eigenvalue weighted by Gasteiger charge is -2.36. The summed E-state index contributed by atoms with van der Waals surface area (Å²) < 4.78 is 16.4. The smallest absolute Gasteiger partial charge is 0.373 e. The molecule has 0 radical (unpaired) electrons. The lowest BCUT2D eigenvalue weighted by Crippen LogP contribution is -2.43. The summed E-state index contributed by atoms with van der Waals surface area (Å²) in [6.07, 6.45) is 0. The van der Waals surface area contributed by atoms with Crippen LogP contribution in [0.5, 0.6) is 5.75 Å². The van der Waals surface area contributed by atoms with Crippen LogP contribution in [-0.2, 0) is 4.74 Å². The molecule has 1 heterocycles. The first-order chi connectivity index (χ1) is 9.64. The number of carbonyl (C=O) groups is 1. The minimum atomic E-state index is -1.88. The third-order valence-electron chi connectivity index (χ3n) is 4.05. The van der Waals surface area contributed by atoms with Crippen LogP contribution >= 0.6 is 0 Å². The molecule has 0 aliphatic heterocycles. The highest BCUT2D eigenvalue weighted by atomic mass is 28.4. The molecule has 0 spiro atoms. The molecule has 4 nitrogen and oxygen atoms in total. The van der Waals surface area contributed by atoms with Gasteiger partial charge in [-0.05, 0) is 42.4 Å². The zero-order valence-corrected chi connectivity index (χ0v) is 14.4. The quantitative estimate of drug-likeness (QED) is 0.614. The van der Waals surface area contributed by atoms with E-state index in [0.717, 1.165) is 11.1 Å². The van der Waals surface area contributed by atoms with Crippen LogP contribution in [0, 0.1) is 0 Å². The molecule has 114 valence electrons. The van der Waals surface area contributed by atoms with Crippen molar-refractivity contribution in [3.8, 4) is 5.75 Å². The second kappa shape index (κ2) is 5.22. The first-order valence-electron chi connectivity index (χ1n) is 6.95. The van der Waals surface area contributed by atoms with E-state index in [-0.39, 0.29) is 10.8 Å². The molecule has 21 heavy (non-hydrogen) atoms. The molecule has 2 aromatic rings. The molecule has 0 aliphatic rings. The van der Waals surface area contributed by atoms with Crippen molar-refractivity contribution in [2.24, 2.45) is 0 Å². The van der Waals surface area contributed by atoms with Gasteiger partial charge in [0, 0.05) is 5.39 Å². The molecule has 0 unspecified atom stereocenters. The van der Waals surface area contributed by atoms with E-state index in [0.29, 0.717) is 5.58 Å². The van der Waals surface area contributed by atoms with Crippen molar-refractivity contribution in [3.05, 3.63) is 30.0 Å². The van der Waals surface area contributed by atoms with Gasteiger partial charge in [-0.15, -0.1) is 0 Å². The van der Waals surface area contributed by atoms with E-state index in [1.54, 1.807) is 6.07 Å². The Morgan fingerprint density at radius 3 is 2.43 bits per heavy atom. The number of esters is 1. The molecule has 1 aromatic carbocycles. The SMILES string of the molecule is COC(=O)c1cc2cc(O[Si](C)(C)C(C)(C)C)ccc2o1. The molecule has 0 saturated carbocycles. The van der Waals surface area contributed by atoms with Crippen molar-refractivity contribution in [2.75, 3.05) is 7.11 Å². The van der Waals surface area contributed by atoms with E-state index >= 15 is 0 Å². The van der Waals surface area contributed by atoms with E-state index in [1.807, 2.05) is 18.2 Å². The summed E-state index contributed by atoms with van der Waals surface area (Å²) in [5.41, 5.74) is 0.651. The first kappa shape index (κ1) is 15.6. The van der Waals surface area contributed by atoms with Gasteiger partial charge in [-0.25, -0.2) is 4.79 Å². The zero-order valence-electron chi connectivity index (χ0n) is 13.4. The highest BCUT2D eigenvalue weighted by molar-refractivity contribution is 6.74. The molecule has 1 aromatic heterocycles. The Bertz CT molecular complexity index is 664. The van der Waals surface area contributed by atoms with Gasteiger partial charge in [-0.2, -0.15) is 0 Å². The van der Waals surface area contributed by atoms with Gasteiger partial charge in [-0.3, -0.25) is 0 Å². The second-order valence-electron chi connectivity index (χ2n) is 6.66. The van der Waals surface area contributed by atoms with Crippen molar-refractivity contribution in [2.45, 2.75) is 38.9 Å². The average Bonchev–Trinajstić information content (AvgIpc) is 2.79. The minimum absolute atomic E-state index is 0.134. The Kier molecular flexibility index (Phi) is 3.89. The number of furan rings is 1. The zero-order chi connectivity index (χ0) is 15.8. The molecule has 5 heteroatoms. The van der Waals surface area contributed by atoms with Crippen LogP contribution in [0.25, 0.3) is 11.0 Å². The van der Waals surface area contributed by atoms with Gasteiger partial charge >= 0.3 is 5.97 Å². The summed E-state index contributed by atoms with van der Waals surface area (Å²) in [6, 6.07) is 7.29. The number of fused-ring (bicyclic) bond motifs is 1. The van der Waals surface area contributed by atoms with Crippen molar-refractivity contribution in [1.82, 2.24) is 0 Å². The molecule has 0 aliphatic carbocycles. The molecule has 0 fully saturated rings. The van der Waals surface area contributed by atoms with Crippen LogP contribution in [0.15, 0.2) is 28.7 Å². The Hall–Kier alpha value is -1.75. The second-order valence-corrected chi connectivity index (χ2v) is 11.4. The van der Waals surface area contributed by atoms with Crippen LogP contribution in [0.4, 0.5) is 0 Å². The maximum Gasteiger partial charge on any atom is 0.373 e. The highest BCUT2D eigenvalue weighted by Crippen LogP contribution is 2.38. The van der Waals surface area contributed by atoms with Crippen LogP contribution in [0.2, 0.25) is 18.1 Å². The lowest BCUT2D eigenvalue weighted by atomic mass is 10.2. The topological polar surface area (TPSA) is 48.7 Å². The molecule has 2 rings (SSSR count). The van der Waals surface area contributed by atoms with E-state index in [1.165, 1.54) is 7.11 Å². The molecule has 0 bridgehead atoms. The van der Waals surface area contributed by atoms with Crippen molar-refractivity contribution in [1.29, 1.82) is 0 Å². The minimum Gasteiger partial charge on any atom is -0.543 e. The van der Waals surface area contributed by atoms with E-state index in [2.05, 4.69) is 38.6 Å². The Morgan fingerprint density at radius 1 is 1.19 bits per heavy atom. The van der Waals surface area contributed by atoms with Gasteiger partial charge < -0.3 is 13.6 Å². The molecular weight excluding hydrogens is 284 g/mol. The number of hydrogen-bond donors (Lipinski definition) is 0. The fourth-order valence-corrected chi connectivity index (χ4v) is 2.76. The molecule has 0 amide bonds. The van der Waals surface area contributed by atoms with Gasteiger partial charge in [0.05, 0.1) is 7.11 Å². The summed E-state index contributed by atoms with van der Waals surface area (Å²) in [5.74, 6) is 0.543. The summed E-state index contributed by atoms with van der Waals surface area (Å²) in [4.78, 5) is 11.5. The number of ether oxygens (including phenoxy) is 1. The summed E-state index contributed by atoms with van der Waals surface area (Å²) in [7, 11) is -0.542. The van der Waals surface area contributed by atoms with Crippen LogP contribution in [0.1, 0.15) is 31.3 Å².